The van der Waals surface area contributed by atoms with Crippen LogP contribution >= 0.6 is 0 Å². The number of methoxy groups -OCH3 is 1. The molecule has 200 valence electrons. The summed E-state index contributed by atoms with van der Waals surface area (Å²) >= 11 is 0. The van der Waals surface area contributed by atoms with E-state index in [1.165, 1.54) is 7.11 Å². The van der Waals surface area contributed by atoms with Crippen molar-refractivity contribution in [2.45, 2.75) is 85.2 Å². The Labute approximate surface area is 211 Å². The molecule has 1 aromatic rings. The Morgan fingerprint density at radius 3 is 2.23 bits per heavy atom. The van der Waals surface area contributed by atoms with Crippen molar-refractivity contribution in [3.8, 4) is 0 Å². The average molecular weight is 513 g/mol. The van der Waals surface area contributed by atoms with Crippen molar-refractivity contribution >= 4 is 21.8 Å². The van der Waals surface area contributed by atoms with Crippen molar-refractivity contribution in [2.75, 3.05) is 25.2 Å². The highest BCUT2D eigenvalue weighted by Gasteiger charge is 2.39. The normalized spacial score (nSPS) is 15.2. The van der Waals surface area contributed by atoms with Gasteiger partial charge in [-0.25, -0.2) is 8.42 Å². The lowest BCUT2D eigenvalue weighted by atomic mass is 9.75. The van der Waals surface area contributed by atoms with Crippen LogP contribution in [0.25, 0.3) is 0 Å². The molecule has 0 radical (unpaired) electrons. The van der Waals surface area contributed by atoms with Crippen molar-refractivity contribution in [3.05, 3.63) is 35.4 Å². The van der Waals surface area contributed by atoms with Gasteiger partial charge in [0.05, 0.1) is 36.6 Å². The zero-order chi connectivity index (χ0) is 27.1. The molecule has 0 aliphatic carbocycles. The molecule has 35 heavy (non-hydrogen) atoms. The summed E-state index contributed by atoms with van der Waals surface area (Å²) in [5, 5.41) is 9.03. The third-order valence-electron chi connectivity index (χ3n) is 6.10. The maximum absolute atomic E-state index is 13.4. The number of carbonyl (C=O) groups is 2. The minimum absolute atomic E-state index is 0.0232. The van der Waals surface area contributed by atoms with Gasteiger partial charge >= 0.3 is 11.9 Å². The van der Waals surface area contributed by atoms with Gasteiger partial charge in [0.25, 0.3) is 0 Å². The molecule has 1 unspecified atom stereocenters. The fourth-order valence-electron chi connectivity index (χ4n) is 4.23. The molecule has 0 fully saturated rings. The summed E-state index contributed by atoms with van der Waals surface area (Å²) in [5.41, 5.74) is -0.386. The third-order valence-corrected chi connectivity index (χ3v) is 8.13. The Morgan fingerprint density at radius 1 is 1.06 bits per heavy atom. The zero-order valence-corrected chi connectivity index (χ0v) is 23.5. The molecular formula is C27H44O7S. The first-order valence-electron chi connectivity index (χ1n) is 12.2. The smallest absolute Gasteiger partial charge is 0.316 e. The molecule has 0 saturated heterocycles. The van der Waals surface area contributed by atoms with Crippen molar-refractivity contribution < 1.29 is 32.6 Å². The van der Waals surface area contributed by atoms with E-state index in [2.05, 4.69) is 0 Å². The number of hydrogen-bond donors (Lipinski definition) is 1. The molecule has 0 aliphatic rings. The number of rotatable bonds is 13. The van der Waals surface area contributed by atoms with E-state index < -0.39 is 26.3 Å². The summed E-state index contributed by atoms with van der Waals surface area (Å²) in [4.78, 5) is 25.3. The Balaban J connectivity index is 3.18. The summed E-state index contributed by atoms with van der Waals surface area (Å²) < 4.78 is 35.1. The van der Waals surface area contributed by atoms with Gasteiger partial charge in [0, 0.05) is 0 Å². The largest absolute Gasteiger partial charge is 0.469 e. The maximum atomic E-state index is 13.4. The van der Waals surface area contributed by atoms with Gasteiger partial charge in [0.2, 0.25) is 0 Å². The number of aliphatic hydroxyl groups is 1. The molecule has 8 heteroatoms. The van der Waals surface area contributed by atoms with Crippen molar-refractivity contribution in [1.29, 1.82) is 0 Å². The quantitative estimate of drug-likeness (QED) is 0.394. The van der Waals surface area contributed by atoms with Gasteiger partial charge in [-0.05, 0) is 63.5 Å². The second-order valence-corrected chi connectivity index (χ2v) is 13.7. The second kappa shape index (κ2) is 12.3. The van der Waals surface area contributed by atoms with Gasteiger partial charge in [0.1, 0.15) is 5.60 Å². The predicted molar refractivity (Wildman–Crippen MR) is 138 cm³/mol. The fraction of sp³-hybridized carbons (Fsp3) is 0.704. The van der Waals surface area contributed by atoms with E-state index in [0.717, 1.165) is 11.1 Å². The number of benzene rings is 1. The Bertz CT molecular complexity index is 960. The van der Waals surface area contributed by atoms with Crippen molar-refractivity contribution in [1.82, 2.24) is 0 Å². The highest BCUT2D eigenvalue weighted by atomic mass is 32.2. The lowest BCUT2D eigenvalue weighted by Gasteiger charge is -2.33. The highest BCUT2D eigenvalue weighted by Crippen LogP contribution is 2.36. The predicted octanol–water partition coefficient (Wildman–Crippen LogP) is 4.24. The number of esters is 2. The summed E-state index contributed by atoms with van der Waals surface area (Å²) in [6.07, 6.45) is 2.16. The molecule has 1 rings (SSSR count). The zero-order valence-electron chi connectivity index (χ0n) is 22.6. The van der Waals surface area contributed by atoms with E-state index in [4.69, 9.17) is 14.6 Å². The first-order valence-corrected chi connectivity index (χ1v) is 14.0. The minimum Gasteiger partial charge on any atom is -0.469 e. The molecule has 0 aromatic heterocycles. The summed E-state index contributed by atoms with van der Waals surface area (Å²) in [6.45, 7) is 12.5. The number of sulfone groups is 1. The molecule has 1 aromatic carbocycles. The van der Waals surface area contributed by atoms with Gasteiger partial charge in [-0.15, -0.1) is 0 Å². The van der Waals surface area contributed by atoms with Gasteiger partial charge in [0.15, 0.2) is 9.84 Å². The van der Waals surface area contributed by atoms with Crippen LogP contribution in [0.15, 0.2) is 24.3 Å². The van der Waals surface area contributed by atoms with Crippen molar-refractivity contribution in [2.24, 2.45) is 11.3 Å². The van der Waals surface area contributed by atoms with Crippen LogP contribution in [-0.2, 0) is 40.7 Å². The summed E-state index contributed by atoms with van der Waals surface area (Å²) in [7, 11) is -1.99. The van der Waals surface area contributed by atoms with E-state index in [1.54, 1.807) is 6.92 Å². The molecule has 0 heterocycles. The molecule has 0 saturated carbocycles. The SMILES string of the molecule is COC(=O)[C@H](C)Cc1cccc(C(C)(CCCC(C)(C)CS(=O)(=O)CCO)C(=O)OC(C)(C)C)c1. The van der Waals surface area contributed by atoms with E-state index in [9.17, 15) is 18.0 Å². The van der Waals surface area contributed by atoms with Gasteiger partial charge < -0.3 is 14.6 Å². The van der Waals surface area contributed by atoms with Crippen molar-refractivity contribution in [3.63, 3.8) is 0 Å². The lowest BCUT2D eigenvalue weighted by Crippen LogP contribution is -2.39. The van der Waals surface area contributed by atoms with Gasteiger partial charge in [-0.1, -0.05) is 51.5 Å². The standard InChI is InChI=1S/C27H44O7S/c1-20(23(29)33-8)17-21-11-9-12-22(18-21)27(7,24(30)34-25(2,3)4)14-10-13-26(5,6)19-35(31,32)16-15-28/h9,11-12,18,20,28H,10,13-17,19H2,1-8H3/t20-,27?/m1/s1. The van der Waals surface area contributed by atoms with Crippen LogP contribution < -0.4 is 0 Å². The average Bonchev–Trinajstić information content (AvgIpc) is 2.70. The second-order valence-electron chi connectivity index (χ2n) is 11.5. The monoisotopic (exact) mass is 512 g/mol. The van der Waals surface area contributed by atoms with Crippen LogP contribution in [0.2, 0.25) is 0 Å². The lowest BCUT2D eigenvalue weighted by molar-refractivity contribution is -0.162. The Hall–Kier alpha value is -1.93. The third kappa shape index (κ3) is 10.3. The maximum Gasteiger partial charge on any atom is 0.316 e. The van der Waals surface area contributed by atoms with Crippen LogP contribution in [0.5, 0.6) is 0 Å². The van der Waals surface area contributed by atoms with Gasteiger partial charge in [-0.2, -0.15) is 0 Å². The van der Waals surface area contributed by atoms with Crippen LogP contribution in [0, 0.1) is 11.3 Å². The molecule has 0 spiro atoms. The van der Waals surface area contributed by atoms with Crippen LogP contribution in [-0.4, -0.2) is 56.3 Å². The van der Waals surface area contributed by atoms with E-state index in [-0.39, 0.29) is 36.0 Å². The first kappa shape index (κ1) is 31.1. The molecule has 2 atom stereocenters. The first-order chi connectivity index (χ1) is 15.9. The molecule has 0 aliphatic heterocycles. The van der Waals surface area contributed by atoms with Gasteiger partial charge in [-0.3, -0.25) is 9.59 Å². The van der Waals surface area contributed by atoms with Crippen LogP contribution in [0.3, 0.4) is 0 Å². The number of hydrogen-bond acceptors (Lipinski definition) is 7. The highest BCUT2D eigenvalue weighted by molar-refractivity contribution is 7.91. The molecular weight excluding hydrogens is 468 g/mol. The van der Waals surface area contributed by atoms with E-state index in [0.29, 0.717) is 25.7 Å². The number of aliphatic hydroxyl groups excluding tert-OH is 1. The Kier molecular flexibility index (Phi) is 11.0. The molecule has 1 N–H and O–H groups in total. The summed E-state index contributed by atoms with van der Waals surface area (Å²) in [6, 6.07) is 7.64. The number of carbonyl (C=O) groups excluding carboxylic acids is 2. The minimum atomic E-state index is -3.35. The summed E-state index contributed by atoms with van der Waals surface area (Å²) in [5.74, 6) is -1.21. The van der Waals surface area contributed by atoms with Crippen LogP contribution in [0.1, 0.15) is 78.9 Å². The topological polar surface area (TPSA) is 107 Å². The van der Waals surface area contributed by atoms with E-state index >= 15 is 0 Å². The molecule has 7 nitrogen and oxygen atoms in total. The Morgan fingerprint density at radius 2 is 1.69 bits per heavy atom. The molecule has 0 bridgehead atoms. The molecule has 0 amide bonds. The van der Waals surface area contributed by atoms with Crippen LogP contribution in [0.4, 0.5) is 0 Å². The fourth-order valence-corrected chi connectivity index (χ4v) is 5.99. The van der Waals surface area contributed by atoms with E-state index in [1.807, 2.05) is 65.8 Å². The number of ether oxygens (including phenoxy) is 2.